The van der Waals surface area contributed by atoms with Gasteiger partial charge < -0.3 is 26.0 Å². The Morgan fingerprint density at radius 1 is 0.976 bits per heavy atom. The van der Waals surface area contributed by atoms with Crippen LogP contribution in [0.2, 0.25) is 0 Å². The number of halogens is 3. The first-order chi connectivity index (χ1) is 19.8. The average molecular weight is 583 g/mol. The number of hydrogen-bond donors (Lipinski definition) is 3. The highest BCUT2D eigenvalue weighted by Gasteiger charge is 2.39. The molecule has 1 saturated heterocycles. The third kappa shape index (κ3) is 6.77. The van der Waals surface area contributed by atoms with E-state index >= 15 is 0 Å². The van der Waals surface area contributed by atoms with Crippen LogP contribution >= 0.6 is 0 Å². The van der Waals surface area contributed by atoms with Gasteiger partial charge in [-0.2, -0.15) is 13.2 Å². The zero-order valence-corrected chi connectivity index (χ0v) is 24.9. The molecule has 0 aliphatic carbocycles. The molecule has 2 amide bonds. The van der Waals surface area contributed by atoms with E-state index in [1.54, 1.807) is 13.2 Å². The van der Waals surface area contributed by atoms with Crippen molar-refractivity contribution in [3.8, 4) is 5.75 Å². The Morgan fingerprint density at radius 2 is 1.60 bits per heavy atom. The fourth-order valence-corrected chi connectivity index (χ4v) is 5.83. The lowest BCUT2D eigenvalue weighted by Gasteiger charge is -2.43. The molecule has 226 valence electrons. The van der Waals surface area contributed by atoms with Crippen LogP contribution < -0.4 is 26.0 Å². The van der Waals surface area contributed by atoms with Crippen LogP contribution in [-0.2, 0) is 11.6 Å². The second-order valence-electron chi connectivity index (χ2n) is 11.7. The van der Waals surface area contributed by atoms with Gasteiger partial charge in [0.05, 0.1) is 18.4 Å². The summed E-state index contributed by atoms with van der Waals surface area (Å²) in [5.74, 6) is 0.987. The standard InChI is InChI=1S/C33H41F3N4O2/c1-21(2)26-18-25(37)19-27(22(3)4)30(26)39-31(41)38-20-32(23-9-8-10-24(17-23)33(34,35)36)13-15-40(16-14-32)28-11-6-7-12-29(28)42-5/h6-12,17-19,21-22H,13-16,20,37H2,1-5H3,(H2,38,39,41). The van der Waals surface area contributed by atoms with E-state index in [1.807, 2.05) is 64.1 Å². The molecule has 1 aliphatic rings. The molecule has 0 spiro atoms. The number of benzene rings is 3. The topological polar surface area (TPSA) is 79.6 Å². The summed E-state index contributed by atoms with van der Waals surface area (Å²) < 4.78 is 46.7. The van der Waals surface area contributed by atoms with E-state index in [-0.39, 0.29) is 18.4 Å². The first-order valence-corrected chi connectivity index (χ1v) is 14.4. The number of para-hydroxylation sites is 2. The molecule has 4 rings (SSSR count). The first kappa shape index (κ1) is 31.1. The minimum absolute atomic E-state index is 0.122. The van der Waals surface area contributed by atoms with Gasteiger partial charge in [0.1, 0.15) is 5.75 Å². The number of nitrogen functional groups attached to an aromatic ring is 1. The van der Waals surface area contributed by atoms with Gasteiger partial charge in [-0.3, -0.25) is 0 Å². The number of carbonyl (C=O) groups excluding carboxylic acids is 1. The lowest BCUT2D eigenvalue weighted by molar-refractivity contribution is -0.137. The van der Waals surface area contributed by atoms with E-state index in [2.05, 4.69) is 15.5 Å². The van der Waals surface area contributed by atoms with Crippen molar-refractivity contribution < 1.29 is 22.7 Å². The number of rotatable bonds is 8. The van der Waals surface area contributed by atoms with Crippen LogP contribution in [0.15, 0.2) is 60.7 Å². The normalized spacial score (nSPS) is 15.1. The number of piperidine rings is 1. The summed E-state index contributed by atoms with van der Waals surface area (Å²) in [7, 11) is 1.62. The average Bonchev–Trinajstić information content (AvgIpc) is 2.96. The number of ether oxygens (including phenoxy) is 1. The van der Waals surface area contributed by atoms with Crippen LogP contribution in [0.25, 0.3) is 0 Å². The third-order valence-electron chi connectivity index (χ3n) is 8.24. The van der Waals surface area contributed by atoms with Gasteiger partial charge in [-0.15, -0.1) is 0 Å². The van der Waals surface area contributed by atoms with Crippen molar-refractivity contribution in [1.82, 2.24) is 5.32 Å². The molecular weight excluding hydrogens is 541 g/mol. The smallest absolute Gasteiger partial charge is 0.416 e. The molecule has 3 aromatic carbocycles. The SMILES string of the molecule is COc1ccccc1N1CCC(CNC(=O)Nc2c(C(C)C)cc(N)cc2C(C)C)(c2cccc(C(F)(F)F)c2)CC1. The molecule has 0 unspecified atom stereocenters. The summed E-state index contributed by atoms with van der Waals surface area (Å²) >= 11 is 0. The predicted molar refractivity (Wildman–Crippen MR) is 164 cm³/mol. The van der Waals surface area contributed by atoms with Crippen molar-refractivity contribution >= 4 is 23.1 Å². The quantitative estimate of drug-likeness (QED) is 0.236. The van der Waals surface area contributed by atoms with Gasteiger partial charge in [0, 0.05) is 36.4 Å². The van der Waals surface area contributed by atoms with Gasteiger partial charge >= 0.3 is 12.2 Å². The van der Waals surface area contributed by atoms with Crippen LogP contribution in [0.1, 0.15) is 74.6 Å². The molecule has 1 aliphatic heterocycles. The second kappa shape index (κ2) is 12.5. The van der Waals surface area contributed by atoms with Crippen LogP contribution in [0, 0.1) is 0 Å². The van der Waals surface area contributed by atoms with E-state index in [0.29, 0.717) is 37.2 Å². The molecule has 3 aromatic rings. The van der Waals surface area contributed by atoms with E-state index < -0.39 is 23.2 Å². The fourth-order valence-electron chi connectivity index (χ4n) is 5.83. The summed E-state index contributed by atoms with van der Waals surface area (Å²) in [6.07, 6.45) is -3.37. The van der Waals surface area contributed by atoms with Crippen molar-refractivity contribution in [3.05, 3.63) is 82.9 Å². The maximum Gasteiger partial charge on any atom is 0.416 e. The molecule has 4 N–H and O–H groups in total. The summed E-state index contributed by atoms with van der Waals surface area (Å²) in [4.78, 5) is 15.6. The lowest BCUT2D eigenvalue weighted by Crippen LogP contribution is -2.50. The molecular formula is C33H41F3N4O2. The number of alkyl halides is 3. The second-order valence-corrected chi connectivity index (χ2v) is 11.7. The highest BCUT2D eigenvalue weighted by molar-refractivity contribution is 5.92. The maximum atomic E-state index is 13.7. The molecule has 6 nitrogen and oxygen atoms in total. The molecule has 1 heterocycles. The Bertz CT molecular complexity index is 1370. The molecule has 0 saturated carbocycles. The molecule has 0 bridgehead atoms. The van der Waals surface area contributed by atoms with Gasteiger partial charge in [-0.05, 0) is 71.7 Å². The monoisotopic (exact) mass is 582 g/mol. The molecule has 0 radical (unpaired) electrons. The zero-order chi connectivity index (χ0) is 30.7. The number of methoxy groups -OCH3 is 1. The van der Waals surface area contributed by atoms with Gasteiger partial charge in [-0.25, -0.2) is 4.79 Å². The number of urea groups is 1. The van der Waals surface area contributed by atoms with Crippen LogP contribution in [0.4, 0.5) is 35.0 Å². The van der Waals surface area contributed by atoms with E-state index in [9.17, 15) is 18.0 Å². The summed E-state index contributed by atoms with van der Waals surface area (Å²) in [5.41, 5.74) is 9.52. The molecule has 0 atom stereocenters. The summed E-state index contributed by atoms with van der Waals surface area (Å²) in [6, 6.07) is 16.6. The van der Waals surface area contributed by atoms with Crippen LogP contribution in [0.5, 0.6) is 5.75 Å². The lowest BCUT2D eigenvalue weighted by atomic mass is 9.72. The van der Waals surface area contributed by atoms with Crippen molar-refractivity contribution in [3.63, 3.8) is 0 Å². The number of nitrogens with zero attached hydrogens (tertiary/aromatic N) is 1. The molecule has 9 heteroatoms. The fraction of sp³-hybridized carbons (Fsp3) is 0.424. The van der Waals surface area contributed by atoms with Crippen LogP contribution in [0.3, 0.4) is 0 Å². The number of hydrogen-bond acceptors (Lipinski definition) is 4. The molecule has 1 fully saturated rings. The molecule has 0 aromatic heterocycles. The number of carbonyl (C=O) groups is 1. The van der Waals surface area contributed by atoms with Crippen LogP contribution in [-0.4, -0.2) is 32.8 Å². The highest BCUT2D eigenvalue weighted by Crippen LogP contribution is 2.41. The minimum Gasteiger partial charge on any atom is -0.495 e. The van der Waals surface area contributed by atoms with E-state index in [4.69, 9.17) is 10.5 Å². The highest BCUT2D eigenvalue weighted by atomic mass is 19.4. The van der Waals surface area contributed by atoms with Gasteiger partial charge in [0.25, 0.3) is 0 Å². The number of amides is 2. The van der Waals surface area contributed by atoms with Crippen molar-refractivity contribution in [2.75, 3.05) is 42.7 Å². The molecule has 42 heavy (non-hydrogen) atoms. The zero-order valence-electron chi connectivity index (χ0n) is 24.9. The Hall–Kier alpha value is -3.88. The number of nitrogens with two attached hydrogens (primary N) is 1. The van der Waals surface area contributed by atoms with Gasteiger partial charge in [0.15, 0.2) is 0 Å². The largest absolute Gasteiger partial charge is 0.495 e. The number of anilines is 3. The Labute approximate surface area is 246 Å². The van der Waals surface area contributed by atoms with E-state index in [1.165, 1.54) is 12.1 Å². The van der Waals surface area contributed by atoms with Crippen molar-refractivity contribution in [2.45, 2.75) is 64.0 Å². The van der Waals surface area contributed by atoms with Gasteiger partial charge in [-0.1, -0.05) is 58.0 Å². The third-order valence-corrected chi connectivity index (χ3v) is 8.24. The summed E-state index contributed by atoms with van der Waals surface area (Å²) in [5, 5.41) is 6.07. The minimum atomic E-state index is -4.46. The van der Waals surface area contributed by atoms with Gasteiger partial charge in [0.2, 0.25) is 0 Å². The van der Waals surface area contributed by atoms with Crippen molar-refractivity contribution in [2.24, 2.45) is 0 Å². The summed E-state index contributed by atoms with van der Waals surface area (Å²) in [6.45, 7) is 9.53. The first-order valence-electron chi connectivity index (χ1n) is 14.4. The number of nitrogens with one attached hydrogen (secondary N) is 2. The maximum absolute atomic E-state index is 13.7. The predicted octanol–water partition coefficient (Wildman–Crippen LogP) is 7.90. The Balaban J connectivity index is 1.62. The van der Waals surface area contributed by atoms with Crippen molar-refractivity contribution in [1.29, 1.82) is 0 Å². The van der Waals surface area contributed by atoms with E-state index in [0.717, 1.165) is 34.3 Å². The Kier molecular flexibility index (Phi) is 9.28. The Morgan fingerprint density at radius 3 is 2.17 bits per heavy atom.